The summed E-state index contributed by atoms with van der Waals surface area (Å²) in [4.78, 5) is 2.37. The number of hydrogen-bond donors (Lipinski definition) is 0. The summed E-state index contributed by atoms with van der Waals surface area (Å²) >= 11 is 3.35. The van der Waals surface area contributed by atoms with E-state index in [0.29, 0.717) is 30.0 Å². The Labute approximate surface area is 124 Å². The van der Waals surface area contributed by atoms with E-state index in [0.717, 1.165) is 11.0 Å². The van der Waals surface area contributed by atoms with Gasteiger partial charge in [-0.15, -0.1) is 0 Å². The van der Waals surface area contributed by atoms with E-state index in [4.69, 9.17) is 10.00 Å². The molecule has 1 aromatic rings. The second-order valence-electron chi connectivity index (χ2n) is 5.03. The lowest BCUT2D eigenvalue weighted by Gasteiger charge is -2.30. The van der Waals surface area contributed by atoms with Crippen LogP contribution in [0.5, 0.6) is 5.75 Å². The summed E-state index contributed by atoms with van der Waals surface area (Å²) in [6.07, 6.45) is 0. The van der Waals surface area contributed by atoms with Crippen molar-refractivity contribution in [3.63, 3.8) is 0 Å². The summed E-state index contributed by atoms with van der Waals surface area (Å²) in [5.74, 6) is 0.651. The van der Waals surface area contributed by atoms with E-state index in [2.05, 4.69) is 54.6 Å². The molecule has 0 aliphatic heterocycles. The predicted molar refractivity (Wildman–Crippen MR) is 81.3 cm³/mol. The average molecular weight is 325 g/mol. The predicted octanol–water partition coefficient (Wildman–Crippen LogP) is 3.82. The minimum Gasteiger partial charge on any atom is -0.491 e. The van der Waals surface area contributed by atoms with E-state index < -0.39 is 0 Å². The van der Waals surface area contributed by atoms with Gasteiger partial charge in [-0.1, -0.05) is 15.9 Å². The van der Waals surface area contributed by atoms with Gasteiger partial charge in [-0.3, -0.25) is 4.90 Å². The van der Waals surface area contributed by atoms with Crippen molar-refractivity contribution in [1.29, 1.82) is 5.26 Å². The van der Waals surface area contributed by atoms with E-state index >= 15 is 0 Å². The first-order chi connectivity index (χ1) is 8.95. The molecule has 0 bridgehead atoms. The molecule has 0 spiro atoms. The molecular formula is C15H21BrN2O. The molecule has 0 N–H and O–H groups in total. The molecule has 0 saturated carbocycles. The lowest BCUT2D eigenvalue weighted by molar-refractivity contribution is 0.142. The van der Waals surface area contributed by atoms with Crippen LogP contribution in [0.3, 0.4) is 0 Å². The van der Waals surface area contributed by atoms with Crippen molar-refractivity contribution >= 4 is 15.9 Å². The highest BCUT2D eigenvalue weighted by Gasteiger charge is 2.13. The van der Waals surface area contributed by atoms with Crippen LogP contribution in [0.2, 0.25) is 0 Å². The number of ether oxygens (including phenoxy) is 1. The van der Waals surface area contributed by atoms with E-state index in [1.807, 2.05) is 12.1 Å². The SMILES string of the molecule is CC(C)N(CCOc1ccc(Br)cc1C#N)C(C)C. The Hall–Kier alpha value is -1.05. The largest absolute Gasteiger partial charge is 0.491 e. The van der Waals surface area contributed by atoms with E-state index in [9.17, 15) is 0 Å². The van der Waals surface area contributed by atoms with Crippen molar-refractivity contribution in [2.24, 2.45) is 0 Å². The number of benzene rings is 1. The summed E-state index contributed by atoms with van der Waals surface area (Å²) in [6.45, 7) is 10.2. The standard InChI is InChI=1S/C15H21BrN2O/c1-11(2)18(12(3)4)7-8-19-15-6-5-14(16)9-13(15)10-17/h5-6,9,11-12H,7-8H2,1-4H3. The molecule has 0 aliphatic carbocycles. The Kier molecular flexibility index (Phi) is 6.33. The third kappa shape index (κ3) is 4.85. The molecule has 0 radical (unpaired) electrons. The van der Waals surface area contributed by atoms with Gasteiger partial charge in [0.15, 0.2) is 0 Å². The lowest BCUT2D eigenvalue weighted by Crippen LogP contribution is -2.39. The van der Waals surface area contributed by atoms with Gasteiger partial charge in [0.2, 0.25) is 0 Å². The highest BCUT2D eigenvalue weighted by molar-refractivity contribution is 9.10. The van der Waals surface area contributed by atoms with Crippen LogP contribution in [0.1, 0.15) is 33.3 Å². The molecule has 0 saturated heterocycles. The molecule has 0 amide bonds. The van der Waals surface area contributed by atoms with Gasteiger partial charge in [0, 0.05) is 23.1 Å². The zero-order chi connectivity index (χ0) is 14.4. The maximum absolute atomic E-state index is 9.07. The number of hydrogen-bond acceptors (Lipinski definition) is 3. The zero-order valence-electron chi connectivity index (χ0n) is 12.0. The summed E-state index contributed by atoms with van der Waals surface area (Å²) < 4.78 is 6.62. The third-order valence-corrected chi connectivity index (χ3v) is 3.49. The quantitative estimate of drug-likeness (QED) is 0.798. The second kappa shape index (κ2) is 7.52. The molecule has 4 heteroatoms. The van der Waals surface area contributed by atoms with Crippen LogP contribution in [0.15, 0.2) is 22.7 Å². The number of nitriles is 1. The minimum atomic E-state index is 0.490. The van der Waals surface area contributed by atoms with Gasteiger partial charge in [-0.25, -0.2) is 0 Å². The number of rotatable bonds is 6. The van der Waals surface area contributed by atoms with Crippen LogP contribution in [0.4, 0.5) is 0 Å². The van der Waals surface area contributed by atoms with Crippen LogP contribution in [0, 0.1) is 11.3 Å². The molecule has 0 aliphatic rings. The van der Waals surface area contributed by atoms with Gasteiger partial charge in [0.25, 0.3) is 0 Å². The first-order valence-corrected chi connectivity index (χ1v) is 7.33. The topological polar surface area (TPSA) is 36.3 Å². The Balaban J connectivity index is 2.60. The van der Waals surface area contributed by atoms with Crippen LogP contribution >= 0.6 is 15.9 Å². The summed E-state index contributed by atoms with van der Waals surface area (Å²) in [5.41, 5.74) is 0.565. The molecule has 3 nitrogen and oxygen atoms in total. The molecule has 0 fully saturated rings. The summed E-state index contributed by atoms with van der Waals surface area (Å²) in [6, 6.07) is 8.63. The van der Waals surface area contributed by atoms with Crippen molar-refractivity contribution < 1.29 is 4.74 Å². The maximum Gasteiger partial charge on any atom is 0.137 e. The van der Waals surface area contributed by atoms with Gasteiger partial charge in [0.1, 0.15) is 18.4 Å². The summed E-state index contributed by atoms with van der Waals surface area (Å²) in [5, 5.41) is 9.07. The number of nitrogens with zero attached hydrogens (tertiary/aromatic N) is 2. The highest BCUT2D eigenvalue weighted by Crippen LogP contribution is 2.22. The third-order valence-electron chi connectivity index (χ3n) is 3.00. The highest BCUT2D eigenvalue weighted by atomic mass is 79.9. The molecule has 1 rings (SSSR count). The van der Waals surface area contributed by atoms with E-state index in [-0.39, 0.29) is 0 Å². The zero-order valence-corrected chi connectivity index (χ0v) is 13.6. The van der Waals surface area contributed by atoms with Gasteiger partial charge >= 0.3 is 0 Å². The Bertz CT molecular complexity index is 444. The molecule has 0 aromatic heterocycles. The first-order valence-electron chi connectivity index (χ1n) is 6.54. The van der Waals surface area contributed by atoms with E-state index in [1.165, 1.54) is 0 Å². The minimum absolute atomic E-state index is 0.490. The fourth-order valence-electron chi connectivity index (χ4n) is 2.09. The maximum atomic E-state index is 9.07. The molecule has 19 heavy (non-hydrogen) atoms. The van der Waals surface area contributed by atoms with Crippen LogP contribution in [0.25, 0.3) is 0 Å². The van der Waals surface area contributed by atoms with Crippen molar-refractivity contribution in [2.45, 2.75) is 39.8 Å². The fraction of sp³-hybridized carbons (Fsp3) is 0.533. The fourth-order valence-corrected chi connectivity index (χ4v) is 2.45. The van der Waals surface area contributed by atoms with Gasteiger partial charge < -0.3 is 4.74 Å². The number of halogens is 1. The molecule has 0 atom stereocenters. The second-order valence-corrected chi connectivity index (χ2v) is 5.94. The molecule has 0 unspecified atom stereocenters. The Morgan fingerprint density at radius 1 is 1.26 bits per heavy atom. The van der Waals surface area contributed by atoms with Crippen LogP contribution in [-0.4, -0.2) is 30.1 Å². The Morgan fingerprint density at radius 2 is 1.89 bits per heavy atom. The molecular weight excluding hydrogens is 304 g/mol. The average Bonchev–Trinajstić information content (AvgIpc) is 2.34. The molecule has 0 heterocycles. The normalized spacial score (nSPS) is 11.1. The molecule has 104 valence electrons. The van der Waals surface area contributed by atoms with Crippen LogP contribution in [-0.2, 0) is 0 Å². The Morgan fingerprint density at radius 3 is 2.42 bits per heavy atom. The van der Waals surface area contributed by atoms with E-state index in [1.54, 1.807) is 6.07 Å². The summed E-state index contributed by atoms with van der Waals surface area (Å²) in [7, 11) is 0. The van der Waals surface area contributed by atoms with Gasteiger partial charge in [-0.2, -0.15) is 5.26 Å². The smallest absolute Gasteiger partial charge is 0.137 e. The van der Waals surface area contributed by atoms with Crippen molar-refractivity contribution in [1.82, 2.24) is 4.90 Å². The molecule has 1 aromatic carbocycles. The van der Waals surface area contributed by atoms with Crippen molar-refractivity contribution in [3.05, 3.63) is 28.2 Å². The van der Waals surface area contributed by atoms with Crippen LogP contribution < -0.4 is 4.74 Å². The monoisotopic (exact) mass is 324 g/mol. The van der Waals surface area contributed by atoms with Gasteiger partial charge in [0.05, 0.1) is 5.56 Å². The van der Waals surface area contributed by atoms with Crippen molar-refractivity contribution in [3.8, 4) is 11.8 Å². The van der Waals surface area contributed by atoms with Gasteiger partial charge in [-0.05, 0) is 45.9 Å². The first kappa shape index (κ1) is 16.0. The lowest BCUT2D eigenvalue weighted by atomic mass is 10.2. The van der Waals surface area contributed by atoms with Crippen molar-refractivity contribution in [2.75, 3.05) is 13.2 Å².